The molecule has 0 N–H and O–H groups in total. The maximum absolute atomic E-state index is 12.9. The Hall–Kier alpha value is -3.11. The van der Waals surface area contributed by atoms with Crippen molar-refractivity contribution < 1.29 is 37.6 Å². The van der Waals surface area contributed by atoms with Crippen LogP contribution in [0.1, 0.15) is 0 Å². The van der Waals surface area contributed by atoms with Crippen LogP contribution >= 0.6 is 0 Å². The average molecular weight is 487 g/mol. The molecule has 0 radical (unpaired) electrons. The average Bonchev–Trinajstić information content (AvgIpc) is 2.88. The minimum absolute atomic E-state index is 0.249. The van der Waals surface area contributed by atoms with Crippen LogP contribution < -0.4 is 19.8 Å². The van der Waals surface area contributed by atoms with Crippen LogP contribution in [0.3, 0.4) is 0 Å². The van der Waals surface area contributed by atoms with Gasteiger partial charge in [0, 0.05) is 5.39 Å². The summed E-state index contributed by atoms with van der Waals surface area (Å²) in [7, 11) is 1.59. The van der Waals surface area contributed by atoms with Gasteiger partial charge in [0.1, 0.15) is 19.0 Å². The van der Waals surface area contributed by atoms with E-state index in [1.165, 1.54) is 0 Å². The van der Waals surface area contributed by atoms with Crippen molar-refractivity contribution in [3.8, 4) is 28.4 Å². The normalized spacial score (nSPS) is 16.8. The molecule has 0 atom stereocenters. The van der Waals surface area contributed by atoms with Crippen molar-refractivity contribution in [2.45, 2.75) is 0 Å². The molecule has 3 aromatic rings. The van der Waals surface area contributed by atoms with E-state index < -0.39 is 5.63 Å². The van der Waals surface area contributed by atoms with Crippen LogP contribution in [0, 0.1) is 0 Å². The Bertz CT molecular complexity index is 1120. The molecule has 4 rings (SSSR count). The predicted octanol–water partition coefficient (Wildman–Crippen LogP) is 3.31. The molecule has 0 saturated heterocycles. The monoisotopic (exact) mass is 486 g/mol. The lowest BCUT2D eigenvalue weighted by Crippen LogP contribution is -2.16. The quantitative estimate of drug-likeness (QED) is 0.506. The molecule has 0 fully saturated rings. The van der Waals surface area contributed by atoms with Crippen molar-refractivity contribution >= 4 is 11.0 Å². The van der Waals surface area contributed by atoms with E-state index in [1.54, 1.807) is 31.4 Å². The van der Waals surface area contributed by atoms with Gasteiger partial charge in [0.2, 0.25) is 5.75 Å². The fourth-order valence-electron chi connectivity index (χ4n) is 3.54. The molecule has 0 aliphatic carbocycles. The zero-order chi connectivity index (χ0) is 24.3. The van der Waals surface area contributed by atoms with Crippen molar-refractivity contribution in [3.05, 3.63) is 52.9 Å². The van der Waals surface area contributed by atoms with Gasteiger partial charge in [0.15, 0.2) is 11.3 Å². The number of hydrogen-bond acceptors (Lipinski definition) is 9. The minimum atomic E-state index is -0.476. The van der Waals surface area contributed by atoms with Crippen LogP contribution in [-0.4, -0.2) is 73.2 Å². The molecule has 0 saturated carbocycles. The smallest absolute Gasteiger partial charge is 0.344 e. The van der Waals surface area contributed by atoms with E-state index in [-0.39, 0.29) is 6.61 Å². The van der Waals surface area contributed by atoms with Crippen molar-refractivity contribution in [2.24, 2.45) is 0 Å². The maximum atomic E-state index is 12.9. The van der Waals surface area contributed by atoms with Gasteiger partial charge in [-0.3, -0.25) is 0 Å². The van der Waals surface area contributed by atoms with Crippen LogP contribution in [-0.2, 0) is 18.9 Å². The van der Waals surface area contributed by atoms with E-state index in [2.05, 4.69) is 0 Å². The molecule has 2 heterocycles. The van der Waals surface area contributed by atoms with Crippen LogP contribution in [0.2, 0.25) is 0 Å². The summed E-state index contributed by atoms with van der Waals surface area (Å²) in [6.07, 6.45) is 0. The molecule has 1 aliphatic rings. The molecule has 35 heavy (non-hydrogen) atoms. The summed E-state index contributed by atoms with van der Waals surface area (Å²) < 4.78 is 44.8. The third kappa shape index (κ3) is 6.95. The van der Waals surface area contributed by atoms with Crippen molar-refractivity contribution in [1.82, 2.24) is 0 Å². The fraction of sp³-hybridized carbons (Fsp3) is 0.423. The third-order valence-electron chi connectivity index (χ3n) is 5.30. The van der Waals surface area contributed by atoms with Gasteiger partial charge in [-0.2, -0.15) is 0 Å². The van der Waals surface area contributed by atoms with Crippen molar-refractivity contribution in [1.29, 1.82) is 0 Å². The molecule has 2 aromatic carbocycles. The van der Waals surface area contributed by atoms with Gasteiger partial charge in [0.05, 0.1) is 65.5 Å². The molecule has 1 aliphatic heterocycles. The Morgan fingerprint density at radius 2 is 1.26 bits per heavy atom. The molecular formula is C26H30O9. The Labute approximate surface area is 203 Å². The van der Waals surface area contributed by atoms with Gasteiger partial charge in [-0.05, 0) is 35.9 Å². The predicted molar refractivity (Wildman–Crippen MR) is 129 cm³/mol. The summed E-state index contributed by atoms with van der Waals surface area (Å²) in [5, 5.41) is 0.711. The number of hydrogen-bond donors (Lipinski definition) is 0. The van der Waals surface area contributed by atoms with Gasteiger partial charge >= 0.3 is 5.63 Å². The highest BCUT2D eigenvalue weighted by Crippen LogP contribution is 2.36. The molecule has 9 heteroatoms. The Balaban J connectivity index is 1.58. The third-order valence-corrected chi connectivity index (χ3v) is 5.30. The zero-order valence-corrected chi connectivity index (χ0v) is 19.8. The Kier molecular flexibility index (Phi) is 9.36. The summed E-state index contributed by atoms with van der Waals surface area (Å²) in [6, 6.07) is 12.6. The summed E-state index contributed by atoms with van der Waals surface area (Å²) in [5.74, 6) is 1.52. The van der Waals surface area contributed by atoms with E-state index in [0.717, 1.165) is 5.56 Å². The van der Waals surface area contributed by atoms with Crippen LogP contribution in [0.15, 0.2) is 51.7 Å². The van der Waals surface area contributed by atoms with Crippen LogP contribution in [0.4, 0.5) is 0 Å². The van der Waals surface area contributed by atoms with Crippen molar-refractivity contribution in [3.63, 3.8) is 0 Å². The summed E-state index contributed by atoms with van der Waals surface area (Å²) in [5.41, 5.74) is 1.02. The molecular weight excluding hydrogens is 456 g/mol. The van der Waals surface area contributed by atoms with Gasteiger partial charge in [-0.1, -0.05) is 12.1 Å². The highest BCUT2D eigenvalue weighted by molar-refractivity contribution is 5.88. The number of fused-ring (bicyclic) bond motifs is 3. The van der Waals surface area contributed by atoms with Crippen LogP contribution in [0.5, 0.6) is 17.2 Å². The van der Waals surface area contributed by atoms with E-state index in [4.69, 9.17) is 37.6 Å². The number of rotatable bonds is 2. The van der Waals surface area contributed by atoms with E-state index >= 15 is 0 Å². The number of ether oxygens (including phenoxy) is 7. The molecule has 1 aromatic heterocycles. The largest absolute Gasteiger partial charge is 0.497 e. The van der Waals surface area contributed by atoms with Crippen molar-refractivity contribution in [2.75, 3.05) is 73.2 Å². The Morgan fingerprint density at radius 3 is 1.86 bits per heavy atom. The van der Waals surface area contributed by atoms with E-state index in [1.807, 2.05) is 18.2 Å². The molecule has 0 amide bonds. The highest BCUT2D eigenvalue weighted by Gasteiger charge is 2.17. The topological polar surface area (TPSA) is 94.8 Å². The lowest BCUT2D eigenvalue weighted by molar-refractivity contribution is -0.00838. The van der Waals surface area contributed by atoms with E-state index in [0.29, 0.717) is 93.2 Å². The lowest BCUT2D eigenvalue weighted by Gasteiger charge is -2.15. The van der Waals surface area contributed by atoms with Crippen LogP contribution in [0.25, 0.3) is 22.1 Å². The van der Waals surface area contributed by atoms with Gasteiger partial charge in [0.25, 0.3) is 0 Å². The summed E-state index contributed by atoms with van der Waals surface area (Å²) >= 11 is 0. The second-order valence-electron chi connectivity index (χ2n) is 7.63. The zero-order valence-electron chi connectivity index (χ0n) is 19.8. The van der Waals surface area contributed by atoms with Gasteiger partial charge < -0.3 is 37.6 Å². The first-order valence-corrected chi connectivity index (χ1v) is 11.6. The molecule has 9 nitrogen and oxygen atoms in total. The molecule has 0 unspecified atom stereocenters. The molecule has 188 valence electrons. The molecule has 0 bridgehead atoms. The van der Waals surface area contributed by atoms with E-state index in [9.17, 15) is 4.79 Å². The second-order valence-corrected chi connectivity index (χ2v) is 7.63. The maximum Gasteiger partial charge on any atom is 0.344 e. The highest BCUT2D eigenvalue weighted by atomic mass is 16.6. The SMILES string of the molecule is COc1ccc(-c2cc3ccc4c(c3oc2=O)OCCOCCOCCOCCOCCO4)cc1. The number of benzene rings is 2. The lowest BCUT2D eigenvalue weighted by atomic mass is 10.1. The first-order chi connectivity index (χ1) is 17.3. The fourth-order valence-corrected chi connectivity index (χ4v) is 3.54. The first-order valence-electron chi connectivity index (χ1n) is 11.6. The standard InChI is InChI=1S/C26H30O9/c1-28-21-5-2-19(3-6-21)22-18-20-4-7-23-25(24(20)35-26(22)27)34-17-15-32-13-11-30-9-8-29-10-12-31-14-16-33-23/h2-7,18H,8-17H2,1H3. The second kappa shape index (κ2) is 13.1. The summed E-state index contributed by atoms with van der Waals surface area (Å²) in [6.45, 7) is 4.11. The van der Waals surface area contributed by atoms with Gasteiger partial charge in [-0.25, -0.2) is 4.79 Å². The van der Waals surface area contributed by atoms with Gasteiger partial charge in [-0.15, -0.1) is 0 Å². The first kappa shape index (κ1) is 25.0. The number of methoxy groups -OCH3 is 1. The summed E-state index contributed by atoms with van der Waals surface area (Å²) in [4.78, 5) is 12.9. The Morgan fingerprint density at radius 1 is 0.686 bits per heavy atom. The minimum Gasteiger partial charge on any atom is -0.497 e. The molecule has 0 spiro atoms.